The molecule has 3 aromatic carbocycles. The minimum Gasteiger partial charge on any atom is -0.472 e. The summed E-state index contributed by atoms with van der Waals surface area (Å²) in [4.78, 5) is 29.4. The van der Waals surface area contributed by atoms with Crippen LogP contribution in [-0.2, 0) is 27.3 Å². The summed E-state index contributed by atoms with van der Waals surface area (Å²) in [5.41, 5.74) is 2.25. The highest BCUT2D eigenvalue weighted by Gasteiger charge is 2.60. The number of aromatic nitrogens is 1. The van der Waals surface area contributed by atoms with E-state index in [1.54, 1.807) is 12.1 Å². The largest absolute Gasteiger partial charge is 0.472 e. The van der Waals surface area contributed by atoms with Gasteiger partial charge in [-0.25, -0.2) is 22.9 Å². The second-order valence-corrected chi connectivity index (χ2v) is 11.8. The summed E-state index contributed by atoms with van der Waals surface area (Å²) in [6.45, 7) is 0.486. The number of carbonyl (C=O) groups is 2. The van der Waals surface area contributed by atoms with Gasteiger partial charge in [-0.1, -0.05) is 17.7 Å². The zero-order valence-electron chi connectivity index (χ0n) is 23.2. The molecule has 13 heteroatoms. The van der Waals surface area contributed by atoms with E-state index < -0.39 is 35.7 Å². The van der Waals surface area contributed by atoms with Gasteiger partial charge in [-0.15, -0.1) is 11.3 Å². The average Bonchev–Trinajstić information content (AvgIpc) is 3.53. The molecule has 2 atom stereocenters. The van der Waals surface area contributed by atoms with E-state index in [2.05, 4.69) is 15.6 Å². The van der Waals surface area contributed by atoms with Gasteiger partial charge in [0, 0.05) is 34.6 Å². The van der Waals surface area contributed by atoms with E-state index >= 15 is 8.78 Å². The second-order valence-electron chi connectivity index (χ2n) is 10.5. The van der Waals surface area contributed by atoms with Gasteiger partial charge >= 0.3 is 5.97 Å². The van der Waals surface area contributed by atoms with Crippen LogP contribution in [0.5, 0.6) is 5.88 Å². The number of hydrogen-bond acceptors (Lipinski definition) is 8. The molecule has 1 amide bonds. The van der Waals surface area contributed by atoms with Gasteiger partial charge in [0.15, 0.2) is 0 Å². The average molecular weight is 644 g/mol. The van der Waals surface area contributed by atoms with Gasteiger partial charge in [-0.3, -0.25) is 4.79 Å². The normalized spacial score (nSPS) is 18.4. The quantitative estimate of drug-likeness (QED) is 0.184. The maximum Gasteiger partial charge on any atom is 0.337 e. The highest BCUT2D eigenvalue weighted by molar-refractivity contribution is 7.13. The molecule has 2 fully saturated rings. The number of carbonyl (C=O) groups excluding carboxylic acids is 2. The van der Waals surface area contributed by atoms with E-state index in [4.69, 9.17) is 25.8 Å². The summed E-state index contributed by atoms with van der Waals surface area (Å²) >= 11 is 6.81. The molecule has 4 aromatic rings. The maximum atomic E-state index is 15.3. The van der Waals surface area contributed by atoms with Gasteiger partial charge in [-0.2, -0.15) is 0 Å². The molecule has 1 saturated carbocycles. The molecule has 2 unspecified atom stereocenters. The number of nitrogens with one attached hydrogen (secondary N) is 2. The van der Waals surface area contributed by atoms with E-state index in [1.165, 1.54) is 30.8 Å². The Morgan fingerprint density at radius 2 is 1.86 bits per heavy atom. The van der Waals surface area contributed by atoms with Crippen molar-refractivity contribution in [1.82, 2.24) is 4.98 Å². The van der Waals surface area contributed by atoms with Crippen LogP contribution in [0.3, 0.4) is 0 Å². The van der Waals surface area contributed by atoms with Gasteiger partial charge in [-0.05, 0) is 42.5 Å². The van der Waals surface area contributed by atoms with Gasteiger partial charge in [0.25, 0.3) is 0 Å². The van der Waals surface area contributed by atoms with Crippen molar-refractivity contribution in [3.05, 3.63) is 93.2 Å². The Kier molecular flexibility index (Phi) is 8.23. The first-order valence-corrected chi connectivity index (χ1v) is 14.8. The van der Waals surface area contributed by atoms with Crippen molar-refractivity contribution in [3.63, 3.8) is 0 Å². The molecule has 2 aliphatic rings. The fourth-order valence-corrected chi connectivity index (χ4v) is 5.95. The fourth-order valence-electron chi connectivity index (χ4n) is 5.04. The van der Waals surface area contributed by atoms with Gasteiger partial charge in [0.2, 0.25) is 11.8 Å². The highest BCUT2D eigenvalue weighted by atomic mass is 35.5. The molecule has 2 N–H and O–H groups in total. The molecule has 1 saturated heterocycles. The second kappa shape index (κ2) is 12.1. The molecule has 0 bridgehead atoms. The van der Waals surface area contributed by atoms with E-state index in [1.807, 2.05) is 0 Å². The van der Waals surface area contributed by atoms with Crippen LogP contribution in [0.2, 0.25) is 5.02 Å². The number of rotatable bonds is 10. The minimum atomic E-state index is -0.805. The number of hydrogen-bond donors (Lipinski definition) is 2. The number of benzene rings is 3. The number of methoxy groups -OCH3 is 1. The molecule has 1 aliphatic carbocycles. The molecular formula is C31H25ClF3N3O5S. The SMILES string of the molecule is COC(=O)c1ccc(NC(=O)Cc2cc(F)c(-c3scnc3OCc3ccc(Cl)cc3F)cc2F)c(NC2CC23CCO3)c1. The predicted octanol–water partition coefficient (Wildman–Crippen LogP) is 6.77. The van der Waals surface area contributed by atoms with Crippen LogP contribution in [0.15, 0.2) is 54.0 Å². The number of nitrogens with zero attached hydrogens (tertiary/aromatic N) is 1. The summed E-state index contributed by atoms with van der Waals surface area (Å²) in [7, 11) is 1.27. The van der Waals surface area contributed by atoms with Gasteiger partial charge < -0.3 is 24.8 Å². The van der Waals surface area contributed by atoms with E-state index in [0.29, 0.717) is 18.0 Å². The van der Waals surface area contributed by atoms with Crippen molar-refractivity contribution in [2.24, 2.45) is 0 Å². The monoisotopic (exact) mass is 643 g/mol. The van der Waals surface area contributed by atoms with Crippen LogP contribution in [0, 0.1) is 17.5 Å². The van der Waals surface area contributed by atoms with Crippen molar-refractivity contribution < 1.29 is 37.0 Å². The minimum absolute atomic E-state index is 0.00770. The summed E-state index contributed by atoms with van der Waals surface area (Å²) in [5.74, 6) is -3.29. The molecule has 6 rings (SSSR count). The Morgan fingerprint density at radius 1 is 1.07 bits per heavy atom. The van der Waals surface area contributed by atoms with Crippen LogP contribution in [-0.4, -0.2) is 42.2 Å². The third kappa shape index (κ3) is 6.10. The van der Waals surface area contributed by atoms with E-state index in [9.17, 15) is 14.0 Å². The fraction of sp³-hybridized carbons (Fsp3) is 0.258. The first-order chi connectivity index (χ1) is 21.2. The summed E-state index contributed by atoms with van der Waals surface area (Å²) in [6.07, 6.45) is 1.25. The number of ether oxygens (including phenoxy) is 3. The number of esters is 1. The first kappa shape index (κ1) is 29.9. The van der Waals surface area contributed by atoms with Crippen LogP contribution in [0.1, 0.15) is 34.3 Å². The highest BCUT2D eigenvalue weighted by Crippen LogP contribution is 2.51. The number of amides is 1. The molecule has 1 aliphatic heterocycles. The van der Waals surface area contributed by atoms with Crippen LogP contribution in [0.4, 0.5) is 24.5 Å². The molecule has 44 heavy (non-hydrogen) atoms. The topological polar surface area (TPSA) is 98.8 Å². The van der Waals surface area contributed by atoms with Crippen LogP contribution >= 0.6 is 22.9 Å². The zero-order chi connectivity index (χ0) is 31.0. The van der Waals surface area contributed by atoms with Crippen molar-refractivity contribution in [1.29, 1.82) is 0 Å². The Morgan fingerprint density at radius 3 is 2.57 bits per heavy atom. The standard InChI is InChI=1S/C31H25ClF3N3O5S/c1-41-30(40)16-3-5-24(25(9-16)37-26-13-31(26)6-7-43-31)38-27(39)10-18-8-23(35)20(12-22(18)34)28-29(36-15-44-28)42-14-17-2-4-19(32)11-21(17)33/h2-5,8-9,11-12,15,26,37H,6-7,10,13-14H2,1H3,(H,38,39). The Labute approximate surface area is 259 Å². The van der Waals surface area contributed by atoms with Crippen molar-refractivity contribution in [3.8, 4) is 16.3 Å². The third-order valence-corrected chi connectivity index (χ3v) is 8.71. The first-order valence-electron chi connectivity index (χ1n) is 13.6. The lowest BCUT2D eigenvalue weighted by atomic mass is 10.1. The van der Waals surface area contributed by atoms with Crippen LogP contribution < -0.4 is 15.4 Å². The van der Waals surface area contributed by atoms with Gasteiger partial charge in [0.05, 0.1) is 54.2 Å². The maximum absolute atomic E-state index is 15.3. The molecular weight excluding hydrogens is 619 g/mol. The Bertz CT molecular complexity index is 1760. The lowest BCUT2D eigenvalue weighted by molar-refractivity contribution is -0.115. The number of halogens is 4. The van der Waals surface area contributed by atoms with E-state index in [-0.39, 0.29) is 56.3 Å². The Hall–Kier alpha value is -4.13. The van der Waals surface area contributed by atoms with E-state index in [0.717, 1.165) is 42.4 Å². The third-order valence-electron chi connectivity index (χ3n) is 7.63. The predicted molar refractivity (Wildman–Crippen MR) is 159 cm³/mol. The smallest absolute Gasteiger partial charge is 0.337 e. The molecule has 228 valence electrons. The zero-order valence-corrected chi connectivity index (χ0v) is 24.8. The summed E-state index contributed by atoms with van der Waals surface area (Å²) in [6, 6.07) is 10.7. The molecule has 2 heterocycles. The number of anilines is 2. The van der Waals surface area contributed by atoms with Crippen molar-refractivity contribution in [2.45, 2.75) is 37.5 Å². The van der Waals surface area contributed by atoms with Gasteiger partial charge in [0.1, 0.15) is 28.9 Å². The molecule has 1 aromatic heterocycles. The van der Waals surface area contributed by atoms with Crippen molar-refractivity contribution >= 4 is 46.2 Å². The molecule has 8 nitrogen and oxygen atoms in total. The summed E-state index contributed by atoms with van der Waals surface area (Å²) in [5, 5.41) is 6.28. The van der Waals surface area contributed by atoms with Crippen molar-refractivity contribution in [2.75, 3.05) is 24.4 Å². The molecule has 1 spiro atoms. The Balaban J connectivity index is 1.16. The summed E-state index contributed by atoms with van der Waals surface area (Å²) < 4.78 is 60.8. The lowest BCUT2D eigenvalue weighted by Crippen LogP contribution is -2.35. The number of thiazole rings is 1. The molecule has 0 radical (unpaired) electrons. The lowest BCUT2D eigenvalue weighted by Gasteiger charge is -2.28. The van der Waals surface area contributed by atoms with Crippen LogP contribution in [0.25, 0.3) is 10.4 Å².